The van der Waals surface area contributed by atoms with Gasteiger partial charge in [0.05, 0.1) is 37.6 Å². The van der Waals surface area contributed by atoms with Gasteiger partial charge in [-0.15, -0.1) is 5.10 Å². The quantitative estimate of drug-likeness (QED) is 0.164. The van der Waals surface area contributed by atoms with Gasteiger partial charge in [-0.3, -0.25) is 9.69 Å². The average molecular weight is 631 g/mol. The number of hydrogen-bond acceptors (Lipinski definition) is 11. The van der Waals surface area contributed by atoms with Gasteiger partial charge in [0.1, 0.15) is 28.9 Å². The van der Waals surface area contributed by atoms with E-state index in [0.29, 0.717) is 40.1 Å². The fourth-order valence-corrected chi connectivity index (χ4v) is 5.13. The number of anilines is 2. The average Bonchev–Trinajstić information content (AvgIpc) is 3.47. The number of pyridine rings is 1. The molecule has 0 saturated carbocycles. The molecule has 0 aliphatic heterocycles. The Kier molecular flexibility index (Phi) is 10.6. The fraction of sp³-hybridized carbons (Fsp3) is 0.310. The van der Waals surface area contributed by atoms with Gasteiger partial charge in [-0.05, 0) is 61.8 Å². The number of carboxylic acid groups (broad SMARTS) is 1. The summed E-state index contributed by atoms with van der Waals surface area (Å²) in [4.78, 5) is 29.9. The summed E-state index contributed by atoms with van der Waals surface area (Å²) in [5.41, 5.74) is 0.182. The molecule has 4 rings (SSSR count). The number of nitrogens with zero attached hydrogens (tertiary/aromatic N) is 3. The van der Waals surface area contributed by atoms with Crippen LogP contribution in [0.1, 0.15) is 19.0 Å². The number of ether oxygens (including phenoxy) is 3. The van der Waals surface area contributed by atoms with E-state index in [1.54, 1.807) is 49.4 Å². The molecule has 1 atom stereocenters. The van der Waals surface area contributed by atoms with Gasteiger partial charge >= 0.3 is 12.0 Å². The molecule has 14 heteroatoms. The molecule has 0 fully saturated rings. The number of carboxylic acids is 1. The summed E-state index contributed by atoms with van der Waals surface area (Å²) < 4.78 is 22.6. The second-order valence-corrected chi connectivity index (χ2v) is 10.5. The molecular formula is C29H31ClN4O8S. The van der Waals surface area contributed by atoms with Crippen molar-refractivity contribution in [1.29, 1.82) is 0 Å². The lowest BCUT2D eigenvalue weighted by Crippen LogP contribution is -2.38. The predicted octanol–water partition coefficient (Wildman–Crippen LogP) is 5.35. The molecule has 4 aromatic rings. The van der Waals surface area contributed by atoms with Crippen LogP contribution in [-0.2, 0) is 16.1 Å². The van der Waals surface area contributed by atoms with Gasteiger partial charge in [0.2, 0.25) is 0 Å². The number of halogens is 1. The van der Waals surface area contributed by atoms with Crippen molar-refractivity contribution in [1.82, 2.24) is 15.2 Å². The number of aromatic nitrogens is 3. The highest BCUT2D eigenvalue weighted by molar-refractivity contribution is 7.98. The summed E-state index contributed by atoms with van der Waals surface area (Å²) in [5, 5.41) is 30.4. The molecular weight excluding hydrogens is 600 g/mol. The molecule has 0 saturated heterocycles. The van der Waals surface area contributed by atoms with Gasteiger partial charge in [0.15, 0.2) is 0 Å². The van der Waals surface area contributed by atoms with E-state index in [9.17, 15) is 19.8 Å². The summed E-state index contributed by atoms with van der Waals surface area (Å²) in [5.74, 6) is -0.664. The number of aliphatic carboxylic acids is 1. The van der Waals surface area contributed by atoms with E-state index in [0.717, 1.165) is 0 Å². The van der Waals surface area contributed by atoms with Crippen molar-refractivity contribution in [2.24, 2.45) is 0 Å². The Bertz CT molecular complexity index is 1600. The Morgan fingerprint density at radius 1 is 1.09 bits per heavy atom. The van der Waals surface area contributed by atoms with Crippen molar-refractivity contribution in [3.8, 4) is 39.8 Å². The van der Waals surface area contributed by atoms with Crippen molar-refractivity contribution in [2.45, 2.75) is 26.0 Å². The number of benzene rings is 2. The number of aromatic hydroxyl groups is 1. The highest BCUT2D eigenvalue weighted by Crippen LogP contribution is 2.46. The van der Waals surface area contributed by atoms with Crippen LogP contribution in [0.2, 0.25) is 5.02 Å². The van der Waals surface area contributed by atoms with Crippen LogP contribution in [-0.4, -0.2) is 70.2 Å². The third kappa shape index (κ3) is 6.74. The lowest BCUT2D eigenvalue weighted by molar-refractivity contribution is -0.138. The van der Waals surface area contributed by atoms with Crippen molar-refractivity contribution in [2.75, 3.05) is 37.7 Å². The fourth-order valence-electron chi connectivity index (χ4n) is 4.55. The van der Waals surface area contributed by atoms with E-state index in [2.05, 4.69) is 15.2 Å². The van der Waals surface area contributed by atoms with Crippen molar-refractivity contribution < 1.29 is 33.6 Å². The number of carbonyl (C=O) groups is 1. The second kappa shape index (κ2) is 14.3. The first-order valence-corrected chi connectivity index (χ1v) is 14.9. The number of rotatable bonds is 14. The molecule has 3 N–H and O–H groups in total. The van der Waals surface area contributed by atoms with Crippen LogP contribution in [0.15, 0.2) is 51.7 Å². The molecule has 0 amide bonds. The summed E-state index contributed by atoms with van der Waals surface area (Å²) >= 11 is 7.57. The van der Waals surface area contributed by atoms with Crippen LogP contribution >= 0.6 is 23.4 Å². The third-order valence-corrected chi connectivity index (χ3v) is 7.42. The van der Waals surface area contributed by atoms with Crippen LogP contribution < -0.4 is 19.9 Å². The van der Waals surface area contributed by atoms with Crippen LogP contribution in [0.25, 0.3) is 22.6 Å². The van der Waals surface area contributed by atoms with Gasteiger partial charge in [-0.25, -0.2) is 4.79 Å². The molecule has 228 valence electrons. The Labute approximate surface area is 256 Å². The summed E-state index contributed by atoms with van der Waals surface area (Å²) in [6, 6.07) is 10.3. The highest BCUT2D eigenvalue weighted by atomic mass is 35.5. The molecule has 0 radical (unpaired) electrons. The minimum Gasteiger partial charge on any atom is -0.506 e. The van der Waals surface area contributed by atoms with Gasteiger partial charge < -0.3 is 33.8 Å². The van der Waals surface area contributed by atoms with Gasteiger partial charge in [0.25, 0.3) is 11.4 Å². The normalized spacial score (nSPS) is 11.7. The minimum absolute atomic E-state index is 0.0364. The maximum absolute atomic E-state index is 13.4. The molecule has 0 aliphatic carbocycles. The topological polar surface area (TPSA) is 160 Å². The Morgan fingerprint density at radius 2 is 1.77 bits per heavy atom. The molecule has 43 heavy (non-hydrogen) atoms. The van der Waals surface area contributed by atoms with Crippen LogP contribution in [0.3, 0.4) is 0 Å². The summed E-state index contributed by atoms with van der Waals surface area (Å²) in [6.07, 6.45) is 2.11. The smallest absolute Gasteiger partial charge is 0.326 e. The standard InChI is InChI=1S/C29H31ClN4O8S/c1-5-41-15-18-22(23-20(39-2)7-6-8-21(23)40-3)25(35)24(26(36)31-18)27-32-33-29(42-27)34(17-11-9-16(30)10-12-17)19(28(37)38)13-14-43-4/h6-12,19H,5,13-15H2,1-4H3,(H,37,38)(H2,31,35,36)/t19-/m0/s1. The minimum atomic E-state index is -1.12. The number of aromatic amines is 1. The monoisotopic (exact) mass is 630 g/mol. The lowest BCUT2D eigenvalue weighted by Gasteiger charge is -2.27. The second-order valence-electron chi connectivity index (χ2n) is 9.08. The molecule has 12 nitrogen and oxygen atoms in total. The summed E-state index contributed by atoms with van der Waals surface area (Å²) in [6.45, 7) is 2.11. The number of thioether (sulfide) groups is 1. The first-order chi connectivity index (χ1) is 20.7. The number of nitrogens with one attached hydrogen (secondary N) is 1. The van der Waals surface area contributed by atoms with E-state index >= 15 is 0 Å². The highest BCUT2D eigenvalue weighted by Gasteiger charge is 2.33. The zero-order valence-electron chi connectivity index (χ0n) is 23.9. The third-order valence-electron chi connectivity index (χ3n) is 6.53. The molecule has 0 aliphatic rings. The van der Waals surface area contributed by atoms with Crippen molar-refractivity contribution >= 4 is 41.0 Å². The van der Waals surface area contributed by atoms with Gasteiger partial charge in [0, 0.05) is 17.3 Å². The zero-order valence-corrected chi connectivity index (χ0v) is 25.5. The van der Waals surface area contributed by atoms with Gasteiger partial charge in [-0.2, -0.15) is 11.8 Å². The van der Waals surface area contributed by atoms with Crippen molar-refractivity contribution in [3.05, 3.63) is 63.5 Å². The maximum atomic E-state index is 13.4. The van der Waals surface area contributed by atoms with Crippen LogP contribution in [0.4, 0.5) is 11.7 Å². The summed E-state index contributed by atoms with van der Waals surface area (Å²) in [7, 11) is 2.94. The van der Waals surface area contributed by atoms with E-state index in [-0.39, 0.29) is 41.8 Å². The van der Waals surface area contributed by atoms with E-state index in [4.69, 9.17) is 30.2 Å². The van der Waals surface area contributed by atoms with E-state index in [1.807, 2.05) is 6.26 Å². The first-order valence-electron chi connectivity index (χ1n) is 13.1. The number of H-pyrrole nitrogens is 1. The molecule has 0 bridgehead atoms. The number of hydrogen-bond donors (Lipinski definition) is 3. The molecule has 2 aromatic heterocycles. The molecule has 0 unspecified atom stereocenters. The largest absolute Gasteiger partial charge is 0.506 e. The van der Waals surface area contributed by atoms with Crippen LogP contribution in [0, 0.1) is 0 Å². The maximum Gasteiger partial charge on any atom is 0.326 e. The molecule has 0 spiro atoms. The van der Waals surface area contributed by atoms with E-state index in [1.165, 1.54) is 30.9 Å². The SMILES string of the molecule is CCOCc1[nH]c(=O)c(-c2nnc(N(c3ccc(Cl)cc3)[C@@H](CCSC)C(=O)O)o2)c(O)c1-c1c(OC)cccc1OC. The van der Waals surface area contributed by atoms with E-state index < -0.39 is 23.3 Å². The van der Waals surface area contributed by atoms with Crippen molar-refractivity contribution in [3.63, 3.8) is 0 Å². The predicted molar refractivity (Wildman–Crippen MR) is 164 cm³/mol. The molecule has 2 heterocycles. The Morgan fingerprint density at radius 3 is 2.35 bits per heavy atom. The van der Waals surface area contributed by atoms with Gasteiger partial charge in [-0.1, -0.05) is 22.8 Å². The Hall–Kier alpha value is -4.20. The first kappa shape index (κ1) is 31.7. The molecule has 2 aromatic carbocycles. The zero-order chi connectivity index (χ0) is 31.1. The Balaban J connectivity index is 1.93. The number of methoxy groups -OCH3 is 2. The van der Waals surface area contributed by atoms with Crippen LogP contribution in [0.5, 0.6) is 17.2 Å². The lowest BCUT2D eigenvalue weighted by atomic mass is 9.98.